The van der Waals surface area contributed by atoms with E-state index < -0.39 is 44.4 Å². The number of alkyl halides is 4. The van der Waals surface area contributed by atoms with Gasteiger partial charge < -0.3 is 43.7 Å². The summed E-state index contributed by atoms with van der Waals surface area (Å²) >= 11 is 0. The number of ether oxygens (including phenoxy) is 7. The lowest BCUT2D eigenvalue weighted by molar-refractivity contribution is -0.395. The lowest BCUT2D eigenvalue weighted by Crippen LogP contribution is -2.39. The molecule has 0 aromatic carbocycles. The maximum Gasteiger partial charge on any atom is 0.383 e. The minimum atomic E-state index is -4.26. The Balaban J connectivity index is 3.67. The van der Waals surface area contributed by atoms with Crippen LogP contribution >= 0.6 is 0 Å². The Labute approximate surface area is 183 Å². The molecule has 32 heavy (non-hydrogen) atoms. The fourth-order valence-corrected chi connectivity index (χ4v) is 1.87. The quantitative estimate of drug-likeness (QED) is 0.0799. The number of hydrogen-bond donors (Lipinski definition) is 3. The molecule has 0 fully saturated rings. The molecule has 0 amide bonds. The molecule has 2 atom stereocenters. The SMILES string of the molecule is C=CCOCC(F)(F)OC(F)(F)COCOCCOCC(O)COCC(O)COCCO. The molecule has 2 unspecified atom stereocenters. The zero-order valence-electron chi connectivity index (χ0n) is 17.6. The van der Waals surface area contributed by atoms with Gasteiger partial charge in [-0.1, -0.05) is 6.08 Å². The summed E-state index contributed by atoms with van der Waals surface area (Å²) in [6, 6.07) is 0. The standard InChI is InChI=1S/C18H32F4O10/c1-2-4-28-12-17(19,20)32-18(21,22)13-31-14-29-7-6-27-9-16(25)11-30-10-15(24)8-26-5-3-23/h2,15-16,23-25H,1,3-14H2. The van der Waals surface area contributed by atoms with Gasteiger partial charge in [0.1, 0.15) is 32.2 Å². The van der Waals surface area contributed by atoms with Crippen LogP contribution in [0.15, 0.2) is 12.7 Å². The van der Waals surface area contributed by atoms with Crippen molar-refractivity contribution in [3.8, 4) is 0 Å². The molecule has 14 heteroatoms. The second kappa shape index (κ2) is 18.5. The van der Waals surface area contributed by atoms with Crippen LogP contribution < -0.4 is 0 Å². The summed E-state index contributed by atoms with van der Waals surface area (Å²) in [7, 11) is 0. The third-order valence-corrected chi connectivity index (χ3v) is 3.09. The molecule has 0 spiro atoms. The van der Waals surface area contributed by atoms with E-state index in [1.165, 1.54) is 6.08 Å². The number of hydrogen-bond acceptors (Lipinski definition) is 10. The van der Waals surface area contributed by atoms with Gasteiger partial charge in [0.25, 0.3) is 0 Å². The molecule has 0 aromatic rings. The van der Waals surface area contributed by atoms with E-state index >= 15 is 0 Å². The highest BCUT2D eigenvalue weighted by atomic mass is 19.3. The molecule has 0 aliphatic carbocycles. The topological polar surface area (TPSA) is 125 Å². The van der Waals surface area contributed by atoms with Crippen molar-refractivity contribution >= 4 is 0 Å². The summed E-state index contributed by atoms with van der Waals surface area (Å²) in [5.41, 5.74) is 0. The van der Waals surface area contributed by atoms with Crippen molar-refractivity contribution in [1.29, 1.82) is 0 Å². The van der Waals surface area contributed by atoms with Crippen LogP contribution in [0.25, 0.3) is 0 Å². The molecule has 192 valence electrons. The first kappa shape index (κ1) is 31.1. The Morgan fingerprint density at radius 3 is 1.78 bits per heavy atom. The molecular formula is C18H32F4O10. The Morgan fingerprint density at radius 1 is 0.719 bits per heavy atom. The Kier molecular flexibility index (Phi) is 17.9. The van der Waals surface area contributed by atoms with Gasteiger partial charge in [0.15, 0.2) is 0 Å². The summed E-state index contributed by atoms with van der Waals surface area (Å²) in [5, 5.41) is 27.6. The van der Waals surface area contributed by atoms with Crippen molar-refractivity contribution in [2.45, 2.75) is 24.4 Å². The molecule has 3 N–H and O–H groups in total. The normalized spacial score (nSPS) is 14.5. The Bertz CT molecular complexity index is 459. The number of aliphatic hydroxyl groups is 3. The molecule has 0 saturated heterocycles. The van der Waals surface area contributed by atoms with Crippen molar-refractivity contribution in [2.75, 3.05) is 79.5 Å². The maximum absolute atomic E-state index is 13.3. The monoisotopic (exact) mass is 484 g/mol. The summed E-state index contributed by atoms with van der Waals surface area (Å²) in [5.74, 6) is 0. The average molecular weight is 484 g/mol. The third-order valence-electron chi connectivity index (χ3n) is 3.09. The van der Waals surface area contributed by atoms with E-state index in [2.05, 4.69) is 20.8 Å². The van der Waals surface area contributed by atoms with Crippen LogP contribution in [-0.4, -0.2) is 119 Å². The zero-order chi connectivity index (χ0) is 24.3. The summed E-state index contributed by atoms with van der Waals surface area (Å²) in [6.45, 7) is -0.933. The van der Waals surface area contributed by atoms with Gasteiger partial charge in [0, 0.05) is 0 Å². The predicted molar refractivity (Wildman–Crippen MR) is 100 cm³/mol. The predicted octanol–water partition coefficient (Wildman–Crippen LogP) is 0.146. The molecule has 0 bridgehead atoms. The highest BCUT2D eigenvalue weighted by Crippen LogP contribution is 2.27. The molecule has 0 aliphatic rings. The highest BCUT2D eigenvalue weighted by Gasteiger charge is 2.44. The van der Waals surface area contributed by atoms with Crippen LogP contribution in [0.1, 0.15) is 0 Å². The summed E-state index contributed by atoms with van der Waals surface area (Å²) in [6.07, 6.45) is -9.18. The van der Waals surface area contributed by atoms with E-state index in [1.807, 2.05) is 0 Å². The van der Waals surface area contributed by atoms with E-state index in [-0.39, 0.29) is 59.5 Å². The Morgan fingerprint density at radius 2 is 1.22 bits per heavy atom. The van der Waals surface area contributed by atoms with E-state index in [1.54, 1.807) is 0 Å². The molecule has 0 radical (unpaired) electrons. The lowest BCUT2D eigenvalue weighted by Gasteiger charge is -2.23. The number of aliphatic hydroxyl groups excluding tert-OH is 3. The van der Waals surface area contributed by atoms with Gasteiger partial charge in [-0.05, 0) is 0 Å². The molecule has 10 nitrogen and oxygen atoms in total. The first-order chi connectivity index (χ1) is 15.1. The second-order valence-electron chi connectivity index (χ2n) is 6.27. The minimum absolute atomic E-state index is 0.0103. The molecule has 0 saturated carbocycles. The van der Waals surface area contributed by atoms with Crippen LogP contribution in [0, 0.1) is 0 Å². The van der Waals surface area contributed by atoms with Crippen molar-refractivity contribution in [3.05, 3.63) is 12.7 Å². The van der Waals surface area contributed by atoms with Crippen LogP contribution in [0.4, 0.5) is 17.6 Å². The highest BCUT2D eigenvalue weighted by molar-refractivity contribution is 4.65. The van der Waals surface area contributed by atoms with Gasteiger partial charge in [0.05, 0.1) is 59.5 Å². The van der Waals surface area contributed by atoms with Crippen LogP contribution in [0.5, 0.6) is 0 Å². The number of rotatable bonds is 23. The van der Waals surface area contributed by atoms with E-state index in [9.17, 15) is 27.8 Å². The van der Waals surface area contributed by atoms with Gasteiger partial charge in [-0.15, -0.1) is 6.58 Å². The molecule has 0 aliphatic heterocycles. The van der Waals surface area contributed by atoms with Gasteiger partial charge in [-0.2, -0.15) is 17.6 Å². The third kappa shape index (κ3) is 19.7. The fourth-order valence-electron chi connectivity index (χ4n) is 1.87. The van der Waals surface area contributed by atoms with Crippen molar-refractivity contribution in [2.24, 2.45) is 0 Å². The van der Waals surface area contributed by atoms with Crippen LogP contribution in [0.3, 0.4) is 0 Å². The first-order valence-corrected chi connectivity index (χ1v) is 9.62. The van der Waals surface area contributed by atoms with Gasteiger partial charge in [-0.3, -0.25) is 4.74 Å². The zero-order valence-corrected chi connectivity index (χ0v) is 17.6. The lowest BCUT2D eigenvalue weighted by atomic mass is 10.4. The average Bonchev–Trinajstić information content (AvgIpc) is 2.69. The van der Waals surface area contributed by atoms with E-state index in [0.29, 0.717) is 0 Å². The number of halogens is 4. The largest absolute Gasteiger partial charge is 0.394 e. The van der Waals surface area contributed by atoms with Crippen molar-refractivity contribution in [3.63, 3.8) is 0 Å². The van der Waals surface area contributed by atoms with E-state index in [4.69, 9.17) is 24.1 Å². The first-order valence-electron chi connectivity index (χ1n) is 9.62. The van der Waals surface area contributed by atoms with Gasteiger partial charge in [0.2, 0.25) is 0 Å². The fraction of sp³-hybridized carbons (Fsp3) is 0.889. The molecule has 0 rings (SSSR count). The summed E-state index contributed by atoms with van der Waals surface area (Å²) < 4.78 is 85.1. The molecular weight excluding hydrogens is 452 g/mol. The second-order valence-corrected chi connectivity index (χ2v) is 6.27. The maximum atomic E-state index is 13.3. The van der Waals surface area contributed by atoms with Crippen molar-refractivity contribution in [1.82, 2.24) is 0 Å². The minimum Gasteiger partial charge on any atom is -0.394 e. The van der Waals surface area contributed by atoms with Crippen LogP contribution in [0.2, 0.25) is 0 Å². The Hall–Kier alpha value is -0.940. The van der Waals surface area contributed by atoms with Crippen LogP contribution in [-0.2, 0) is 33.2 Å². The molecule has 0 aromatic heterocycles. The summed E-state index contributed by atoms with van der Waals surface area (Å²) in [4.78, 5) is 0. The van der Waals surface area contributed by atoms with E-state index in [0.717, 1.165) is 0 Å². The van der Waals surface area contributed by atoms with Gasteiger partial charge >= 0.3 is 12.2 Å². The van der Waals surface area contributed by atoms with Crippen molar-refractivity contribution < 1.29 is 66.0 Å². The smallest absolute Gasteiger partial charge is 0.383 e. The van der Waals surface area contributed by atoms with Gasteiger partial charge in [-0.25, -0.2) is 0 Å². The molecule has 0 heterocycles.